The highest BCUT2D eigenvalue weighted by Gasteiger charge is 2.31. The molecule has 3 aromatic heterocycles. The Morgan fingerprint density at radius 2 is 1.87 bits per heavy atom. The van der Waals surface area contributed by atoms with E-state index in [2.05, 4.69) is 33.3 Å². The van der Waals surface area contributed by atoms with E-state index in [4.69, 9.17) is 10.8 Å². The molecular weight excluding hydrogens is 597 g/mol. The van der Waals surface area contributed by atoms with E-state index in [1.165, 1.54) is 0 Å². The maximum atomic E-state index is 13.1. The highest BCUT2D eigenvalue weighted by atomic mass is 19.4. The van der Waals surface area contributed by atoms with Crippen molar-refractivity contribution in [3.8, 4) is 11.3 Å². The van der Waals surface area contributed by atoms with Crippen LogP contribution in [0.15, 0.2) is 54.9 Å². The molecule has 6 rings (SSSR count). The Kier molecular flexibility index (Phi) is 8.76. The standard InChI is InChI=1S/C33H35F3N8O2/c1-42-15-3-2-8-27(45)43-17-5-7-25(20-43)44-30-23(6-4-16-42)19-39-31(37)28(30)29(41-44)21-9-11-22(12-10-21)32(46)40-26-18-24(13-14-38-26)33(34,35)36/h4,6,9-14,18-19,25H,2-3,5,7-8,15-17,20H2,1H3,(H2,37,39)(H,38,40,46)/b6-4+/t25-/m1/s1. The number of nitrogens with two attached hydrogens (primary N) is 1. The van der Waals surface area contributed by atoms with Crippen molar-refractivity contribution in [2.24, 2.45) is 0 Å². The van der Waals surface area contributed by atoms with Gasteiger partial charge in [0, 0.05) is 55.1 Å². The molecule has 1 saturated heterocycles. The summed E-state index contributed by atoms with van der Waals surface area (Å²) in [5.41, 5.74) is 8.79. The second-order valence-corrected chi connectivity index (χ2v) is 11.8. The zero-order valence-electron chi connectivity index (χ0n) is 25.4. The largest absolute Gasteiger partial charge is 0.416 e. The number of likely N-dealkylation sites (N-methyl/N-ethyl adjacent to an activating group) is 1. The van der Waals surface area contributed by atoms with Crippen LogP contribution in [0.3, 0.4) is 0 Å². The number of carbonyl (C=O) groups excluding carboxylic acids is 2. The zero-order valence-corrected chi connectivity index (χ0v) is 25.4. The van der Waals surface area contributed by atoms with E-state index in [1.807, 2.05) is 15.7 Å². The van der Waals surface area contributed by atoms with Gasteiger partial charge in [0.2, 0.25) is 5.91 Å². The van der Waals surface area contributed by atoms with Crippen molar-refractivity contribution < 1.29 is 22.8 Å². The van der Waals surface area contributed by atoms with Gasteiger partial charge in [-0.2, -0.15) is 18.3 Å². The third-order valence-corrected chi connectivity index (χ3v) is 8.52. The monoisotopic (exact) mass is 632 g/mol. The summed E-state index contributed by atoms with van der Waals surface area (Å²) in [4.78, 5) is 38.5. The summed E-state index contributed by atoms with van der Waals surface area (Å²) in [6.07, 6.45) is 6.33. The Morgan fingerprint density at radius 3 is 2.65 bits per heavy atom. The highest BCUT2D eigenvalue weighted by molar-refractivity contribution is 6.06. The number of amides is 2. The SMILES string of the molecule is CN1C/C=C/c2cnc(N)c3c(-c4ccc(C(=O)Nc5cc(C(F)(F)F)ccn5)cc4)nn(c23)[C@@H]2CCCN(C2)C(=O)CCCC1. The van der Waals surface area contributed by atoms with Gasteiger partial charge in [0.15, 0.2) is 0 Å². The smallest absolute Gasteiger partial charge is 0.383 e. The van der Waals surface area contributed by atoms with Gasteiger partial charge in [0.1, 0.15) is 17.3 Å². The van der Waals surface area contributed by atoms with Crippen molar-refractivity contribution in [1.29, 1.82) is 0 Å². The van der Waals surface area contributed by atoms with E-state index in [-0.39, 0.29) is 23.3 Å². The van der Waals surface area contributed by atoms with Gasteiger partial charge in [-0.1, -0.05) is 24.3 Å². The number of nitrogens with zero attached hydrogens (tertiary/aromatic N) is 6. The molecule has 1 atom stereocenters. The van der Waals surface area contributed by atoms with Crippen LogP contribution in [-0.2, 0) is 11.0 Å². The van der Waals surface area contributed by atoms with Crippen LogP contribution < -0.4 is 11.1 Å². The Labute approximate surface area is 264 Å². The van der Waals surface area contributed by atoms with Crippen molar-refractivity contribution in [2.75, 3.05) is 44.3 Å². The van der Waals surface area contributed by atoms with E-state index in [0.29, 0.717) is 35.4 Å². The first-order valence-corrected chi connectivity index (χ1v) is 15.3. The van der Waals surface area contributed by atoms with Gasteiger partial charge in [-0.3, -0.25) is 14.3 Å². The minimum Gasteiger partial charge on any atom is -0.383 e. The number of halogens is 3. The predicted molar refractivity (Wildman–Crippen MR) is 170 cm³/mol. The number of hydrogen-bond donors (Lipinski definition) is 2. The second-order valence-electron chi connectivity index (χ2n) is 11.8. The van der Waals surface area contributed by atoms with E-state index in [0.717, 1.165) is 74.7 Å². The van der Waals surface area contributed by atoms with E-state index >= 15 is 0 Å². The highest BCUT2D eigenvalue weighted by Crippen LogP contribution is 2.37. The summed E-state index contributed by atoms with van der Waals surface area (Å²) in [7, 11) is 2.06. The molecule has 3 N–H and O–H groups in total. The molecule has 10 nitrogen and oxygen atoms in total. The van der Waals surface area contributed by atoms with E-state index in [1.54, 1.807) is 30.5 Å². The number of alkyl halides is 3. The molecule has 0 unspecified atom stereocenters. The normalized spacial score (nSPS) is 19.0. The van der Waals surface area contributed by atoms with Gasteiger partial charge in [0.05, 0.1) is 22.5 Å². The molecule has 4 aromatic rings. The van der Waals surface area contributed by atoms with Gasteiger partial charge in [-0.05, 0) is 63.5 Å². The number of pyridine rings is 2. The van der Waals surface area contributed by atoms with Crippen LogP contribution in [0, 0.1) is 0 Å². The Bertz CT molecular complexity index is 1780. The summed E-state index contributed by atoms with van der Waals surface area (Å²) < 4.78 is 41.3. The Hall–Kier alpha value is -4.78. The lowest BCUT2D eigenvalue weighted by molar-refractivity contribution is -0.137. The molecule has 46 heavy (non-hydrogen) atoms. The number of rotatable bonds is 3. The number of piperidine rings is 1. The van der Waals surface area contributed by atoms with Crippen molar-refractivity contribution in [1.82, 2.24) is 29.5 Å². The number of fused-ring (bicyclic) bond motifs is 3. The van der Waals surface area contributed by atoms with Crippen molar-refractivity contribution in [3.63, 3.8) is 0 Å². The molecular formula is C33H35F3N8O2. The summed E-state index contributed by atoms with van der Waals surface area (Å²) in [6, 6.07) is 8.16. The van der Waals surface area contributed by atoms with Crippen LogP contribution in [0.1, 0.15) is 59.6 Å². The molecule has 0 radical (unpaired) electrons. The predicted octanol–water partition coefficient (Wildman–Crippen LogP) is 5.64. The van der Waals surface area contributed by atoms with Crippen LogP contribution in [0.4, 0.5) is 24.8 Å². The Morgan fingerprint density at radius 1 is 1.07 bits per heavy atom. The third kappa shape index (κ3) is 6.59. The summed E-state index contributed by atoms with van der Waals surface area (Å²) in [5.74, 6) is -0.338. The molecule has 0 aliphatic carbocycles. The maximum absolute atomic E-state index is 13.1. The van der Waals surface area contributed by atoms with Crippen molar-refractivity contribution in [3.05, 3.63) is 71.6 Å². The minimum atomic E-state index is -4.56. The molecule has 13 heteroatoms. The van der Waals surface area contributed by atoms with Crippen molar-refractivity contribution >= 4 is 40.4 Å². The number of nitrogen functional groups attached to an aromatic ring is 1. The molecule has 2 aliphatic heterocycles. The third-order valence-electron chi connectivity index (χ3n) is 8.52. The average molecular weight is 633 g/mol. The number of anilines is 2. The molecule has 0 spiro atoms. The zero-order chi connectivity index (χ0) is 32.4. The summed E-state index contributed by atoms with van der Waals surface area (Å²) >= 11 is 0. The Balaban J connectivity index is 1.37. The number of benzene rings is 1. The molecule has 1 fully saturated rings. The van der Waals surface area contributed by atoms with Crippen LogP contribution >= 0.6 is 0 Å². The fraction of sp³-hybridized carbons (Fsp3) is 0.364. The lowest BCUT2D eigenvalue weighted by Gasteiger charge is -2.33. The molecule has 2 aliphatic rings. The number of carbonyl (C=O) groups is 2. The summed E-state index contributed by atoms with van der Waals surface area (Å²) in [5, 5.41) is 8.18. The van der Waals surface area contributed by atoms with Crippen molar-refractivity contribution in [2.45, 2.75) is 44.3 Å². The maximum Gasteiger partial charge on any atom is 0.416 e. The number of hydrogen-bond acceptors (Lipinski definition) is 7. The lowest BCUT2D eigenvalue weighted by atomic mass is 10.0. The first-order valence-electron chi connectivity index (χ1n) is 15.3. The first-order chi connectivity index (χ1) is 22.1. The van der Waals surface area contributed by atoms with Crippen LogP contribution in [-0.4, -0.2) is 74.6 Å². The molecule has 240 valence electrons. The molecule has 5 heterocycles. The quantitative estimate of drug-likeness (QED) is 0.300. The fourth-order valence-electron chi connectivity index (χ4n) is 6.10. The molecule has 2 amide bonds. The molecule has 1 aromatic carbocycles. The minimum absolute atomic E-state index is 0.0688. The van der Waals surface area contributed by atoms with Crippen LogP contribution in [0.2, 0.25) is 0 Å². The fourth-order valence-corrected chi connectivity index (χ4v) is 6.10. The van der Waals surface area contributed by atoms with Gasteiger partial charge < -0.3 is 20.9 Å². The van der Waals surface area contributed by atoms with E-state index in [9.17, 15) is 22.8 Å². The lowest BCUT2D eigenvalue weighted by Crippen LogP contribution is -2.41. The van der Waals surface area contributed by atoms with Crippen LogP contribution in [0.5, 0.6) is 0 Å². The van der Waals surface area contributed by atoms with Gasteiger partial charge in [-0.15, -0.1) is 0 Å². The van der Waals surface area contributed by atoms with Gasteiger partial charge >= 0.3 is 6.18 Å². The van der Waals surface area contributed by atoms with Gasteiger partial charge in [-0.25, -0.2) is 9.97 Å². The first kappa shape index (κ1) is 31.2. The van der Waals surface area contributed by atoms with Gasteiger partial charge in [0.25, 0.3) is 5.91 Å². The average Bonchev–Trinajstić information content (AvgIpc) is 3.45. The number of nitrogens with one attached hydrogen (secondary N) is 1. The topological polar surface area (TPSA) is 122 Å². The van der Waals surface area contributed by atoms with Crippen LogP contribution in [0.25, 0.3) is 28.2 Å². The molecule has 2 bridgehead atoms. The molecule has 0 saturated carbocycles. The van der Waals surface area contributed by atoms with E-state index < -0.39 is 17.6 Å². The number of aromatic nitrogens is 4. The second kappa shape index (κ2) is 12.9. The summed E-state index contributed by atoms with van der Waals surface area (Å²) in [6.45, 7) is 2.89.